The quantitative estimate of drug-likeness (QED) is 0.223. The predicted octanol–water partition coefficient (Wildman–Crippen LogP) is 4.83. The highest BCUT2D eigenvalue weighted by Crippen LogP contribution is 2.22. The lowest BCUT2D eigenvalue weighted by Gasteiger charge is -2.27. The fourth-order valence-electron chi connectivity index (χ4n) is 2.28. The predicted molar refractivity (Wildman–Crippen MR) is 109 cm³/mol. The van der Waals surface area contributed by atoms with E-state index in [1.807, 2.05) is 13.8 Å². The van der Waals surface area contributed by atoms with Crippen LogP contribution in [0, 0.1) is 10.8 Å². The van der Waals surface area contributed by atoms with Crippen LogP contribution in [0.4, 0.5) is 0 Å². The number of hydrogen-bond donors (Lipinski definition) is 0. The highest BCUT2D eigenvalue weighted by atomic mass is 16.6. The first-order valence-electron chi connectivity index (χ1n) is 10.5. The van der Waals surface area contributed by atoms with Crippen molar-refractivity contribution in [1.29, 1.82) is 0 Å². The summed E-state index contributed by atoms with van der Waals surface area (Å²) in [5, 5.41) is 0. The van der Waals surface area contributed by atoms with E-state index in [9.17, 15) is 14.4 Å². The van der Waals surface area contributed by atoms with E-state index in [-0.39, 0.29) is 31.8 Å². The van der Waals surface area contributed by atoms with E-state index in [1.54, 1.807) is 13.8 Å². The van der Waals surface area contributed by atoms with E-state index in [2.05, 4.69) is 13.8 Å². The number of ether oxygens (including phenoxy) is 3. The minimum atomic E-state index is -0.923. The lowest BCUT2D eigenvalue weighted by Crippen LogP contribution is -2.36. The molecule has 0 fully saturated rings. The third kappa shape index (κ3) is 12.7. The van der Waals surface area contributed by atoms with Crippen molar-refractivity contribution in [3.05, 3.63) is 0 Å². The third-order valence-corrected chi connectivity index (χ3v) is 4.33. The third-order valence-electron chi connectivity index (χ3n) is 4.33. The molecule has 0 amide bonds. The molecule has 6 heteroatoms. The van der Waals surface area contributed by atoms with Gasteiger partial charge in [-0.3, -0.25) is 14.4 Å². The normalized spacial score (nSPS) is 11.8. The molecule has 0 radical (unpaired) electrons. The molecule has 0 aromatic rings. The summed E-state index contributed by atoms with van der Waals surface area (Å²) in [6.07, 6.45) is 6.50. The summed E-state index contributed by atoms with van der Waals surface area (Å²) in [6.45, 7) is 11.6. The molecule has 0 aromatic heterocycles. The van der Waals surface area contributed by atoms with Crippen LogP contribution < -0.4 is 0 Å². The molecule has 0 atom stereocenters. The summed E-state index contributed by atoms with van der Waals surface area (Å²) in [4.78, 5) is 35.8. The maximum absolute atomic E-state index is 12.4. The Morgan fingerprint density at radius 1 is 0.643 bits per heavy atom. The number of carbonyl (C=O) groups is 3. The molecule has 0 heterocycles. The fraction of sp³-hybridized carbons (Fsp3) is 0.864. The molecule has 0 aliphatic carbocycles. The Morgan fingerprint density at radius 2 is 1.07 bits per heavy atom. The number of carbonyl (C=O) groups excluding carboxylic acids is 3. The first-order chi connectivity index (χ1) is 13.0. The molecular formula is C22H40O6. The summed E-state index contributed by atoms with van der Waals surface area (Å²) in [5.41, 5.74) is -1.41. The van der Waals surface area contributed by atoms with Crippen molar-refractivity contribution in [2.75, 3.05) is 19.8 Å². The smallest absolute Gasteiger partial charge is 0.315 e. The molecule has 164 valence electrons. The minimum Gasteiger partial charge on any atom is -0.465 e. The van der Waals surface area contributed by atoms with Crippen LogP contribution in [0.1, 0.15) is 92.9 Å². The van der Waals surface area contributed by atoms with E-state index in [1.165, 1.54) is 0 Å². The van der Waals surface area contributed by atoms with Crippen LogP contribution in [-0.2, 0) is 28.6 Å². The van der Waals surface area contributed by atoms with Crippen LogP contribution in [0.15, 0.2) is 0 Å². The molecule has 28 heavy (non-hydrogen) atoms. The van der Waals surface area contributed by atoms with Gasteiger partial charge in [-0.05, 0) is 26.7 Å². The molecule has 0 bridgehead atoms. The van der Waals surface area contributed by atoms with Crippen LogP contribution in [0.25, 0.3) is 0 Å². The second kappa shape index (κ2) is 13.6. The van der Waals surface area contributed by atoms with Gasteiger partial charge in [0.15, 0.2) is 0 Å². The maximum Gasteiger partial charge on any atom is 0.315 e. The summed E-state index contributed by atoms with van der Waals surface area (Å²) in [6, 6.07) is 0. The zero-order valence-corrected chi connectivity index (χ0v) is 18.7. The Hall–Kier alpha value is -1.59. The molecule has 0 spiro atoms. The molecule has 0 saturated carbocycles. The van der Waals surface area contributed by atoms with Gasteiger partial charge in [0, 0.05) is 18.3 Å². The number of hydrogen-bond acceptors (Lipinski definition) is 6. The van der Waals surface area contributed by atoms with Crippen LogP contribution in [0.3, 0.4) is 0 Å². The van der Waals surface area contributed by atoms with E-state index in [0.29, 0.717) is 12.8 Å². The first-order valence-corrected chi connectivity index (χ1v) is 10.5. The van der Waals surface area contributed by atoms with Crippen molar-refractivity contribution < 1.29 is 28.6 Å². The average molecular weight is 401 g/mol. The van der Waals surface area contributed by atoms with Crippen molar-refractivity contribution in [2.24, 2.45) is 10.8 Å². The SMILES string of the molecule is CCCCCC(=O)OCC(C)(C)COC(=O)C(C)(C)COC(=O)CCCCC. The van der Waals surface area contributed by atoms with Crippen LogP contribution in [-0.4, -0.2) is 37.7 Å². The van der Waals surface area contributed by atoms with Crippen molar-refractivity contribution in [1.82, 2.24) is 0 Å². The van der Waals surface area contributed by atoms with Gasteiger partial charge in [0.1, 0.15) is 6.61 Å². The molecule has 0 unspecified atom stereocenters. The first kappa shape index (κ1) is 26.4. The zero-order chi connectivity index (χ0) is 21.6. The standard InChI is InChI=1S/C22H40O6/c1-7-9-11-13-18(23)26-15-21(3,4)16-28-20(25)22(5,6)17-27-19(24)14-12-10-8-2/h7-17H2,1-6H3. The highest BCUT2D eigenvalue weighted by molar-refractivity contribution is 5.77. The average Bonchev–Trinajstić information content (AvgIpc) is 2.63. The molecule has 0 rings (SSSR count). The van der Waals surface area contributed by atoms with Gasteiger partial charge in [0.25, 0.3) is 0 Å². The number of rotatable bonds is 15. The summed E-state index contributed by atoms with van der Waals surface area (Å²) >= 11 is 0. The van der Waals surface area contributed by atoms with Gasteiger partial charge in [0.2, 0.25) is 0 Å². The Labute approximate surface area is 170 Å². The summed E-state index contributed by atoms with van der Waals surface area (Å²) in [5.74, 6) is -0.941. The van der Waals surface area contributed by atoms with Gasteiger partial charge in [-0.25, -0.2) is 0 Å². The Morgan fingerprint density at radius 3 is 1.54 bits per heavy atom. The minimum absolute atomic E-state index is 0.0103. The van der Waals surface area contributed by atoms with Crippen LogP contribution in [0.2, 0.25) is 0 Å². The molecular weight excluding hydrogens is 360 g/mol. The Balaban J connectivity index is 4.25. The van der Waals surface area contributed by atoms with Gasteiger partial charge in [0.05, 0.1) is 18.6 Å². The zero-order valence-electron chi connectivity index (χ0n) is 18.7. The van der Waals surface area contributed by atoms with Crippen molar-refractivity contribution in [3.8, 4) is 0 Å². The van der Waals surface area contributed by atoms with Gasteiger partial charge in [-0.2, -0.15) is 0 Å². The van der Waals surface area contributed by atoms with Crippen molar-refractivity contribution >= 4 is 17.9 Å². The fourth-order valence-corrected chi connectivity index (χ4v) is 2.28. The Kier molecular flexibility index (Phi) is 12.8. The van der Waals surface area contributed by atoms with Crippen molar-refractivity contribution in [2.45, 2.75) is 92.9 Å². The van der Waals surface area contributed by atoms with Gasteiger partial charge >= 0.3 is 17.9 Å². The van der Waals surface area contributed by atoms with E-state index in [4.69, 9.17) is 14.2 Å². The maximum atomic E-state index is 12.4. The van der Waals surface area contributed by atoms with E-state index < -0.39 is 16.8 Å². The topological polar surface area (TPSA) is 78.9 Å². The van der Waals surface area contributed by atoms with Gasteiger partial charge < -0.3 is 14.2 Å². The number of esters is 3. The van der Waals surface area contributed by atoms with E-state index >= 15 is 0 Å². The van der Waals surface area contributed by atoms with Crippen molar-refractivity contribution in [3.63, 3.8) is 0 Å². The summed E-state index contributed by atoms with van der Waals surface area (Å²) in [7, 11) is 0. The second-order valence-corrected chi connectivity index (χ2v) is 8.86. The van der Waals surface area contributed by atoms with Gasteiger partial charge in [-0.1, -0.05) is 53.4 Å². The lowest BCUT2D eigenvalue weighted by molar-refractivity contribution is -0.165. The Bertz CT molecular complexity index is 481. The molecule has 0 saturated heterocycles. The monoisotopic (exact) mass is 400 g/mol. The van der Waals surface area contributed by atoms with E-state index in [0.717, 1.165) is 38.5 Å². The van der Waals surface area contributed by atoms with Crippen LogP contribution >= 0.6 is 0 Å². The number of unbranched alkanes of at least 4 members (excludes halogenated alkanes) is 4. The summed E-state index contributed by atoms with van der Waals surface area (Å²) < 4.78 is 15.9. The molecule has 0 N–H and O–H groups in total. The molecule has 0 aromatic carbocycles. The molecule has 6 nitrogen and oxygen atoms in total. The highest BCUT2D eigenvalue weighted by Gasteiger charge is 2.33. The lowest BCUT2D eigenvalue weighted by atomic mass is 9.93. The second-order valence-electron chi connectivity index (χ2n) is 8.86. The van der Waals surface area contributed by atoms with Crippen LogP contribution in [0.5, 0.6) is 0 Å². The van der Waals surface area contributed by atoms with Gasteiger partial charge in [-0.15, -0.1) is 0 Å². The largest absolute Gasteiger partial charge is 0.465 e. The molecule has 0 aliphatic heterocycles. The molecule has 0 aliphatic rings.